The number of aliphatic hydroxyl groups excluding tert-OH is 1. The molecular weight excluding hydrogens is 226 g/mol. The summed E-state index contributed by atoms with van der Waals surface area (Å²) in [5, 5.41) is 9.29. The first kappa shape index (κ1) is 14.8. The van der Waals surface area contributed by atoms with Gasteiger partial charge in [0.1, 0.15) is 5.75 Å². The lowest BCUT2D eigenvalue weighted by molar-refractivity contribution is 0.165. The van der Waals surface area contributed by atoms with Crippen LogP contribution in [0.4, 0.5) is 5.69 Å². The van der Waals surface area contributed by atoms with E-state index in [0.717, 1.165) is 18.0 Å². The third-order valence-corrected chi connectivity index (χ3v) is 2.74. The van der Waals surface area contributed by atoms with E-state index in [0.29, 0.717) is 0 Å². The fraction of sp³-hybridized carbons (Fsp3) is 0.600. The van der Waals surface area contributed by atoms with Gasteiger partial charge in [-0.05, 0) is 38.1 Å². The lowest BCUT2D eigenvalue weighted by Gasteiger charge is -2.30. The van der Waals surface area contributed by atoms with Crippen molar-refractivity contribution in [3.8, 4) is 5.75 Å². The van der Waals surface area contributed by atoms with Crippen LogP contribution >= 0.6 is 0 Å². The second-order valence-electron chi connectivity index (χ2n) is 5.84. The Morgan fingerprint density at radius 3 is 2.22 bits per heavy atom. The van der Waals surface area contributed by atoms with Crippen LogP contribution in [0.5, 0.6) is 5.75 Å². The molecule has 0 aliphatic rings. The largest absolute Gasteiger partial charge is 0.491 e. The van der Waals surface area contributed by atoms with Crippen molar-refractivity contribution in [2.45, 2.75) is 33.8 Å². The van der Waals surface area contributed by atoms with Gasteiger partial charge in [-0.3, -0.25) is 0 Å². The smallest absolute Gasteiger partial charge is 0.119 e. The minimum Gasteiger partial charge on any atom is -0.491 e. The number of rotatable bonds is 6. The van der Waals surface area contributed by atoms with Gasteiger partial charge in [-0.25, -0.2) is 0 Å². The zero-order valence-electron chi connectivity index (χ0n) is 12.1. The quantitative estimate of drug-likeness (QED) is 0.843. The molecule has 0 spiro atoms. The van der Waals surface area contributed by atoms with Crippen LogP contribution in [0.1, 0.15) is 27.7 Å². The van der Waals surface area contributed by atoms with Crippen LogP contribution in [0.15, 0.2) is 24.3 Å². The van der Waals surface area contributed by atoms with Crippen molar-refractivity contribution >= 4 is 5.69 Å². The van der Waals surface area contributed by atoms with Crippen molar-refractivity contribution in [2.75, 3.05) is 25.1 Å². The highest BCUT2D eigenvalue weighted by Gasteiger charge is 2.19. The summed E-state index contributed by atoms with van der Waals surface area (Å²) in [5.74, 6) is 0.892. The molecule has 1 aromatic carbocycles. The van der Waals surface area contributed by atoms with Crippen molar-refractivity contribution < 1.29 is 9.84 Å². The molecule has 0 unspecified atom stereocenters. The summed E-state index contributed by atoms with van der Waals surface area (Å²) in [6.07, 6.45) is 0.196. The first-order valence-electron chi connectivity index (χ1n) is 6.43. The van der Waals surface area contributed by atoms with E-state index in [-0.39, 0.29) is 18.1 Å². The standard InChI is InChI=1S/C15H25NO2/c1-12(2)18-14-8-6-13(7-9-14)16(5)10-15(3,4)11-17/h6-9,12,17H,10-11H2,1-5H3. The van der Waals surface area contributed by atoms with Crippen LogP contribution in [-0.4, -0.2) is 31.4 Å². The highest BCUT2D eigenvalue weighted by atomic mass is 16.5. The molecule has 0 aliphatic heterocycles. The van der Waals surface area contributed by atoms with Crippen LogP contribution < -0.4 is 9.64 Å². The van der Waals surface area contributed by atoms with Crippen molar-refractivity contribution in [2.24, 2.45) is 5.41 Å². The first-order chi connectivity index (χ1) is 8.34. The van der Waals surface area contributed by atoms with Crippen LogP contribution in [0, 0.1) is 5.41 Å². The molecule has 1 aromatic rings. The Bertz CT molecular complexity index is 357. The Hall–Kier alpha value is -1.22. The highest BCUT2D eigenvalue weighted by molar-refractivity contribution is 5.48. The maximum atomic E-state index is 9.29. The molecule has 0 aromatic heterocycles. The number of ether oxygens (including phenoxy) is 1. The Balaban J connectivity index is 2.67. The second-order valence-corrected chi connectivity index (χ2v) is 5.84. The molecule has 0 aliphatic carbocycles. The number of hydrogen-bond acceptors (Lipinski definition) is 3. The number of hydrogen-bond donors (Lipinski definition) is 1. The molecule has 0 heterocycles. The molecule has 0 bridgehead atoms. The van der Waals surface area contributed by atoms with Gasteiger partial charge in [0.25, 0.3) is 0 Å². The Morgan fingerprint density at radius 2 is 1.78 bits per heavy atom. The maximum Gasteiger partial charge on any atom is 0.119 e. The van der Waals surface area contributed by atoms with Crippen LogP contribution in [0.25, 0.3) is 0 Å². The summed E-state index contributed by atoms with van der Waals surface area (Å²) in [7, 11) is 2.04. The SMILES string of the molecule is CC(C)Oc1ccc(N(C)CC(C)(C)CO)cc1. The van der Waals surface area contributed by atoms with Gasteiger partial charge in [0.15, 0.2) is 0 Å². The Labute approximate surface area is 110 Å². The zero-order chi connectivity index (χ0) is 13.8. The molecule has 102 valence electrons. The normalized spacial score (nSPS) is 11.7. The fourth-order valence-electron chi connectivity index (χ4n) is 1.83. The van der Waals surface area contributed by atoms with E-state index in [9.17, 15) is 5.11 Å². The average Bonchev–Trinajstić information content (AvgIpc) is 2.28. The maximum absolute atomic E-state index is 9.29. The van der Waals surface area contributed by atoms with Crippen LogP contribution in [0.2, 0.25) is 0 Å². The van der Waals surface area contributed by atoms with Crippen molar-refractivity contribution in [3.63, 3.8) is 0 Å². The van der Waals surface area contributed by atoms with Crippen molar-refractivity contribution in [1.82, 2.24) is 0 Å². The number of benzene rings is 1. The fourth-order valence-corrected chi connectivity index (χ4v) is 1.83. The van der Waals surface area contributed by atoms with Gasteiger partial charge in [-0.2, -0.15) is 0 Å². The minimum absolute atomic E-state index is 0.0954. The summed E-state index contributed by atoms with van der Waals surface area (Å²) in [6.45, 7) is 9.15. The molecule has 3 heteroatoms. The topological polar surface area (TPSA) is 32.7 Å². The molecule has 3 nitrogen and oxygen atoms in total. The third kappa shape index (κ3) is 4.57. The molecule has 1 N–H and O–H groups in total. The summed E-state index contributed by atoms with van der Waals surface area (Å²) >= 11 is 0. The van der Waals surface area contributed by atoms with E-state index in [4.69, 9.17) is 4.74 Å². The van der Waals surface area contributed by atoms with E-state index in [1.807, 2.05) is 45.2 Å². The molecule has 1 rings (SSSR count). The zero-order valence-corrected chi connectivity index (χ0v) is 12.1. The lowest BCUT2D eigenvalue weighted by Crippen LogP contribution is -2.33. The summed E-state index contributed by atoms with van der Waals surface area (Å²) in [5.41, 5.74) is 1.04. The summed E-state index contributed by atoms with van der Waals surface area (Å²) in [6, 6.07) is 8.06. The number of nitrogens with zero attached hydrogens (tertiary/aromatic N) is 1. The molecule has 0 amide bonds. The monoisotopic (exact) mass is 251 g/mol. The number of aliphatic hydroxyl groups is 1. The van der Waals surface area contributed by atoms with E-state index >= 15 is 0 Å². The summed E-state index contributed by atoms with van der Waals surface area (Å²) in [4.78, 5) is 2.15. The molecule has 0 saturated carbocycles. The average molecular weight is 251 g/mol. The van der Waals surface area contributed by atoms with E-state index in [1.165, 1.54) is 0 Å². The van der Waals surface area contributed by atoms with E-state index in [1.54, 1.807) is 0 Å². The predicted molar refractivity (Wildman–Crippen MR) is 76.3 cm³/mol. The molecule has 18 heavy (non-hydrogen) atoms. The number of anilines is 1. The van der Waals surface area contributed by atoms with Gasteiger partial charge in [-0.1, -0.05) is 13.8 Å². The van der Waals surface area contributed by atoms with Crippen molar-refractivity contribution in [1.29, 1.82) is 0 Å². The van der Waals surface area contributed by atoms with E-state index in [2.05, 4.69) is 18.7 Å². The van der Waals surface area contributed by atoms with Crippen LogP contribution in [0.3, 0.4) is 0 Å². The molecule has 0 radical (unpaired) electrons. The van der Waals surface area contributed by atoms with Gasteiger partial charge in [0.2, 0.25) is 0 Å². The second kappa shape index (κ2) is 6.10. The third-order valence-electron chi connectivity index (χ3n) is 2.74. The van der Waals surface area contributed by atoms with Gasteiger partial charge in [0.05, 0.1) is 6.10 Å². The van der Waals surface area contributed by atoms with Crippen molar-refractivity contribution in [3.05, 3.63) is 24.3 Å². The Morgan fingerprint density at radius 1 is 1.22 bits per heavy atom. The van der Waals surface area contributed by atoms with Gasteiger partial charge in [0, 0.05) is 31.3 Å². The van der Waals surface area contributed by atoms with E-state index < -0.39 is 0 Å². The van der Waals surface area contributed by atoms with Gasteiger partial charge in [-0.15, -0.1) is 0 Å². The molecule has 0 saturated heterocycles. The van der Waals surface area contributed by atoms with Gasteiger partial charge < -0.3 is 14.7 Å². The predicted octanol–water partition coefficient (Wildman–Crippen LogP) is 2.93. The minimum atomic E-state index is -0.0954. The highest BCUT2D eigenvalue weighted by Crippen LogP contribution is 2.23. The molecular formula is C15H25NO2. The summed E-state index contributed by atoms with van der Waals surface area (Å²) < 4.78 is 5.61. The van der Waals surface area contributed by atoms with Gasteiger partial charge >= 0.3 is 0 Å². The molecule has 0 atom stereocenters. The molecule has 0 fully saturated rings. The lowest BCUT2D eigenvalue weighted by atomic mass is 9.94. The first-order valence-corrected chi connectivity index (χ1v) is 6.43. The Kier molecular flexibility index (Phi) is 5.03. The van der Waals surface area contributed by atoms with Crippen LogP contribution in [-0.2, 0) is 0 Å².